The number of nitrogens with zero attached hydrogens (tertiary/aromatic N) is 1. The maximum absolute atomic E-state index is 13.8. The molecular formula is C34H49N3O2S. The summed E-state index contributed by atoms with van der Waals surface area (Å²) in [7, 11) is 0. The Morgan fingerprint density at radius 2 is 1.43 bits per heavy atom. The maximum Gasteiger partial charge on any atom is 0.245 e. The number of thioether (sulfide) groups is 1. The van der Waals surface area contributed by atoms with Crippen LogP contribution in [0.25, 0.3) is 0 Å². The lowest BCUT2D eigenvalue weighted by molar-refractivity contribution is -0.118. The molecule has 0 spiro atoms. The number of anilines is 1. The highest BCUT2D eigenvalue weighted by Gasteiger charge is 2.34. The summed E-state index contributed by atoms with van der Waals surface area (Å²) in [4.78, 5) is 17.0. The van der Waals surface area contributed by atoms with Crippen LogP contribution in [0.3, 0.4) is 0 Å². The van der Waals surface area contributed by atoms with Gasteiger partial charge in [-0.05, 0) is 95.3 Å². The Morgan fingerprint density at radius 3 is 2.08 bits per heavy atom. The van der Waals surface area contributed by atoms with Gasteiger partial charge in [-0.25, -0.2) is 0 Å². The van der Waals surface area contributed by atoms with E-state index >= 15 is 0 Å². The molecule has 6 heteroatoms. The molecule has 2 aliphatic carbocycles. The minimum Gasteiger partial charge on any atom is -0.494 e. The van der Waals surface area contributed by atoms with Crippen LogP contribution in [0.4, 0.5) is 5.69 Å². The number of fused-ring (bicyclic) bond motifs is 1. The third-order valence-electron chi connectivity index (χ3n) is 9.24. The quantitative estimate of drug-likeness (QED) is 0.260. The SMILES string of the molecule is CC1(NCCCOc2ccc(C3Sc4ccccc4N(CCCNC4(C)CCCCC4)C3=O)cc2)CCCCC1. The molecule has 1 aliphatic heterocycles. The Balaban J connectivity index is 1.13. The lowest BCUT2D eigenvalue weighted by Gasteiger charge is -2.36. The number of hydrogen-bond acceptors (Lipinski definition) is 5. The van der Waals surface area contributed by atoms with Crippen molar-refractivity contribution < 1.29 is 9.53 Å². The van der Waals surface area contributed by atoms with Gasteiger partial charge in [0.25, 0.3) is 0 Å². The molecule has 0 bridgehead atoms. The highest BCUT2D eigenvalue weighted by Crippen LogP contribution is 2.46. The average Bonchev–Trinajstić information content (AvgIpc) is 2.97. The lowest BCUT2D eigenvalue weighted by atomic mass is 9.83. The third kappa shape index (κ3) is 7.63. The monoisotopic (exact) mass is 563 g/mol. The van der Waals surface area contributed by atoms with Crippen molar-refractivity contribution in [3.05, 3.63) is 54.1 Å². The van der Waals surface area contributed by atoms with Crippen molar-refractivity contribution in [1.82, 2.24) is 10.6 Å². The molecular weight excluding hydrogens is 514 g/mol. The van der Waals surface area contributed by atoms with Gasteiger partial charge in [0.1, 0.15) is 11.0 Å². The van der Waals surface area contributed by atoms with Gasteiger partial charge in [-0.2, -0.15) is 0 Å². The first-order valence-corrected chi connectivity index (χ1v) is 16.6. The van der Waals surface area contributed by atoms with Gasteiger partial charge < -0.3 is 20.3 Å². The third-order valence-corrected chi connectivity index (χ3v) is 10.5. The molecule has 0 saturated heterocycles. The molecule has 0 radical (unpaired) electrons. The van der Waals surface area contributed by atoms with Crippen molar-refractivity contribution in [2.24, 2.45) is 0 Å². The highest BCUT2D eigenvalue weighted by molar-refractivity contribution is 8.00. The topological polar surface area (TPSA) is 53.6 Å². The van der Waals surface area contributed by atoms with Crippen LogP contribution in [0, 0.1) is 0 Å². The van der Waals surface area contributed by atoms with Crippen LogP contribution in [-0.2, 0) is 4.79 Å². The molecule has 1 heterocycles. The zero-order valence-corrected chi connectivity index (χ0v) is 25.5. The van der Waals surface area contributed by atoms with E-state index in [2.05, 4.69) is 54.8 Å². The smallest absolute Gasteiger partial charge is 0.245 e. The van der Waals surface area contributed by atoms with E-state index in [4.69, 9.17) is 4.74 Å². The van der Waals surface area contributed by atoms with Crippen LogP contribution in [0.5, 0.6) is 5.75 Å². The van der Waals surface area contributed by atoms with Gasteiger partial charge in [-0.3, -0.25) is 4.79 Å². The minimum atomic E-state index is -0.229. The fourth-order valence-corrected chi connectivity index (χ4v) is 7.93. The molecule has 3 aliphatic rings. The Morgan fingerprint density at radius 1 is 0.825 bits per heavy atom. The molecule has 5 rings (SSSR count). The summed E-state index contributed by atoms with van der Waals surface area (Å²) >= 11 is 1.67. The van der Waals surface area contributed by atoms with Crippen LogP contribution >= 0.6 is 11.8 Å². The predicted octanol–water partition coefficient (Wildman–Crippen LogP) is 7.65. The molecule has 2 N–H and O–H groups in total. The summed E-state index contributed by atoms with van der Waals surface area (Å²) in [5.41, 5.74) is 2.66. The van der Waals surface area contributed by atoms with Gasteiger partial charge in [0.05, 0.1) is 12.3 Å². The van der Waals surface area contributed by atoms with Crippen LogP contribution < -0.4 is 20.3 Å². The van der Waals surface area contributed by atoms with E-state index in [-0.39, 0.29) is 16.7 Å². The molecule has 5 nitrogen and oxygen atoms in total. The maximum atomic E-state index is 13.8. The zero-order valence-electron chi connectivity index (χ0n) is 24.7. The first kappa shape index (κ1) is 29.5. The van der Waals surface area contributed by atoms with E-state index in [1.165, 1.54) is 69.1 Å². The second-order valence-corrected chi connectivity index (χ2v) is 13.8. The minimum absolute atomic E-state index is 0.184. The number of carbonyl (C=O) groups is 1. The number of ether oxygens (including phenoxy) is 1. The van der Waals surface area contributed by atoms with Crippen LogP contribution in [0.1, 0.15) is 102 Å². The summed E-state index contributed by atoms with van der Waals surface area (Å²) in [5.74, 6) is 1.06. The summed E-state index contributed by atoms with van der Waals surface area (Å²) in [6, 6.07) is 16.5. The van der Waals surface area contributed by atoms with Gasteiger partial charge in [0.2, 0.25) is 5.91 Å². The van der Waals surface area contributed by atoms with Gasteiger partial charge in [-0.15, -0.1) is 11.8 Å². The predicted molar refractivity (Wildman–Crippen MR) is 168 cm³/mol. The average molecular weight is 564 g/mol. The van der Waals surface area contributed by atoms with Gasteiger partial charge in [0.15, 0.2) is 0 Å². The Bertz CT molecular complexity index is 1090. The largest absolute Gasteiger partial charge is 0.494 e. The fourth-order valence-electron chi connectivity index (χ4n) is 6.70. The molecule has 1 unspecified atom stereocenters. The van der Waals surface area contributed by atoms with E-state index in [1.54, 1.807) is 11.8 Å². The molecule has 2 fully saturated rings. The number of carbonyl (C=O) groups excluding carboxylic acids is 1. The molecule has 218 valence electrons. The number of amides is 1. The molecule has 2 aromatic rings. The van der Waals surface area contributed by atoms with Gasteiger partial charge >= 0.3 is 0 Å². The standard InChI is InChI=1S/C34H49N3O2S/c1-33(19-7-3-8-20-33)35-23-11-25-37-29-13-5-6-14-30(29)40-31(32(37)38)27-15-17-28(18-16-27)39-26-12-24-36-34(2)21-9-4-10-22-34/h5-6,13-18,31,35-36H,3-4,7-12,19-26H2,1-2H3. The first-order valence-electron chi connectivity index (χ1n) is 15.7. The Labute approximate surface area is 246 Å². The number of benzene rings is 2. The second-order valence-electron chi connectivity index (χ2n) is 12.7. The van der Waals surface area contributed by atoms with Crippen LogP contribution in [-0.4, -0.2) is 43.2 Å². The molecule has 1 amide bonds. The summed E-state index contributed by atoms with van der Waals surface area (Å²) in [5, 5.41) is 7.34. The van der Waals surface area contributed by atoms with Crippen molar-refractivity contribution in [3.8, 4) is 5.75 Å². The highest BCUT2D eigenvalue weighted by atomic mass is 32.2. The van der Waals surface area contributed by atoms with Crippen molar-refractivity contribution >= 4 is 23.4 Å². The van der Waals surface area contributed by atoms with Crippen molar-refractivity contribution in [2.45, 2.75) is 112 Å². The number of hydrogen-bond donors (Lipinski definition) is 2. The number of para-hydroxylation sites is 1. The number of rotatable bonds is 12. The van der Waals surface area contributed by atoms with Crippen molar-refractivity contribution in [1.29, 1.82) is 0 Å². The first-order chi connectivity index (χ1) is 19.4. The van der Waals surface area contributed by atoms with E-state index in [0.717, 1.165) is 49.5 Å². The fraction of sp³-hybridized carbons (Fsp3) is 0.618. The zero-order chi connectivity index (χ0) is 27.8. The van der Waals surface area contributed by atoms with Crippen LogP contribution in [0.15, 0.2) is 53.4 Å². The van der Waals surface area contributed by atoms with E-state index in [1.807, 2.05) is 23.1 Å². The molecule has 1 atom stereocenters. The van der Waals surface area contributed by atoms with Crippen molar-refractivity contribution in [2.75, 3.05) is 31.1 Å². The Kier molecular flexibility index (Phi) is 10.1. The number of nitrogens with one attached hydrogen (secondary N) is 2. The van der Waals surface area contributed by atoms with E-state index in [9.17, 15) is 4.79 Å². The molecule has 2 aromatic carbocycles. The normalized spacial score (nSPS) is 22.1. The van der Waals surface area contributed by atoms with Gasteiger partial charge in [-0.1, -0.05) is 62.8 Å². The van der Waals surface area contributed by atoms with E-state index < -0.39 is 0 Å². The summed E-state index contributed by atoms with van der Waals surface area (Å²) in [6.45, 7) is 8.11. The second kappa shape index (κ2) is 13.8. The Hall–Kier alpha value is -2.02. The van der Waals surface area contributed by atoms with Gasteiger partial charge in [0, 0.05) is 22.5 Å². The molecule has 40 heavy (non-hydrogen) atoms. The lowest BCUT2D eigenvalue weighted by Crippen LogP contribution is -2.45. The van der Waals surface area contributed by atoms with E-state index in [0.29, 0.717) is 12.1 Å². The summed E-state index contributed by atoms with van der Waals surface area (Å²) < 4.78 is 6.05. The molecule has 2 saturated carbocycles. The van der Waals surface area contributed by atoms with Crippen molar-refractivity contribution in [3.63, 3.8) is 0 Å². The molecule has 0 aromatic heterocycles. The van der Waals surface area contributed by atoms with Crippen LogP contribution in [0.2, 0.25) is 0 Å². The summed E-state index contributed by atoms with van der Waals surface area (Å²) in [6.07, 6.45) is 15.1.